The summed E-state index contributed by atoms with van der Waals surface area (Å²) >= 11 is 0. The van der Waals surface area contributed by atoms with E-state index in [2.05, 4.69) is 10.1 Å². The van der Waals surface area contributed by atoms with Crippen molar-refractivity contribution in [3.63, 3.8) is 0 Å². The molecule has 0 aliphatic rings. The smallest absolute Gasteiger partial charge is 0.408 e. The lowest BCUT2D eigenvalue weighted by Gasteiger charge is -2.31. The Bertz CT molecular complexity index is 1260. The first-order chi connectivity index (χ1) is 17.8. The van der Waals surface area contributed by atoms with Gasteiger partial charge in [-0.05, 0) is 56.5 Å². The summed E-state index contributed by atoms with van der Waals surface area (Å²) in [5, 5.41) is 6.05. The van der Waals surface area contributed by atoms with E-state index in [9.17, 15) is 31.1 Å². The number of pyridine rings is 2. The van der Waals surface area contributed by atoms with Crippen LogP contribution in [0.4, 0.5) is 31.1 Å². The van der Waals surface area contributed by atoms with Gasteiger partial charge in [0, 0.05) is 30.4 Å². The van der Waals surface area contributed by atoms with Gasteiger partial charge in [0.2, 0.25) is 0 Å². The molecule has 3 rings (SSSR count). The lowest BCUT2D eigenvalue weighted by atomic mass is 10.0. The summed E-state index contributed by atoms with van der Waals surface area (Å²) in [4.78, 5) is 18.2. The van der Waals surface area contributed by atoms with Gasteiger partial charge in [0.25, 0.3) is 0 Å². The summed E-state index contributed by atoms with van der Waals surface area (Å²) in [5.41, 5.74) is 3.59. The van der Waals surface area contributed by atoms with E-state index in [0.717, 1.165) is 21.7 Å². The Morgan fingerprint density at radius 3 is 2.45 bits per heavy atom. The van der Waals surface area contributed by atoms with Crippen molar-refractivity contribution < 1.29 is 35.9 Å². The van der Waals surface area contributed by atoms with Gasteiger partial charge in [0.15, 0.2) is 0 Å². The molecule has 208 valence electrons. The van der Waals surface area contributed by atoms with E-state index >= 15 is 0 Å². The molecule has 0 spiro atoms. The molecule has 0 saturated heterocycles. The van der Waals surface area contributed by atoms with Gasteiger partial charge in [-0.15, -0.1) is 0 Å². The van der Waals surface area contributed by atoms with Crippen LogP contribution in [0.1, 0.15) is 51.0 Å². The van der Waals surface area contributed by atoms with E-state index in [1.807, 2.05) is 25.1 Å². The molecule has 0 aliphatic carbocycles. The third kappa shape index (κ3) is 6.67. The largest absolute Gasteiger partial charge is 0.494 e. The average molecular weight is 546 g/mol. The molecule has 0 aromatic carbocycles. The first-order valence-electron chi connectivity index (χ1n) is 12.0. The number of fused-ring (bicyclic) bond motifs is 1. The zero-order valence-corrected chi connectivity index (χ0v) is 21.3. The van der Waals surface area contributed by atoms with E-state index in [1.165, 1.54) is 13.3 Å². The maximum Gasteiger partial charge on any atom is 0.408 e. The molecular weight excluding hydrogens is 516 g/mol. The van der Waals surface area contributed by atoms with Crippen molar-refractivity contribution in [3.05, 3.63) is 48.0 Å². The number of nitrogens with one attached hydrogen (secondary N) is 1. The predicted molar refractivity (Wildman–Crippen MR) is 129 cm³/mol. The molecule has 3 heterocycles. The summed E-state index contributed by atoms with van der Waals surface area (Å²) in [6.45, 7) is 5.11. The molecule has 2 unspecified atom stereocenters. The summed E-state index contributed by atoms with van der Waals surface area (Å²) < 4.78 is 85.1. The topological polar surface area (TPSA) is 71.8 Å². The van der Waals surface area contributed by atoms with Crippen molar-refractivity contribution >= 4 is 11.5 Å². The molecular formula is C25H29F6N5O2. The summed E-state index contributed by atoms with van der Waals surface area (Å²) in [5.74, 6) is 0.448. The van der Waals surface area contributed by atoms with Crippen molar-refractivity contribution in [2.24, 2.45) is 0 Å². The van der Waals surface area contributed by atoms with Gasteiger partial charge in [-0.2, -0.15) is 31.4 Å². The van der Waals surface area contributed by atoms with Crippen LogP contribution in [0.5, 0.6) is 5.75 Å². The van der Waals surface area contributed by atoms with E-state index in [1.54, 1.807) is 35.9 Å². The number of nitrogens with zero attached hydrogens (tertiary/aromatic N) is 4. The number of amides is 2. The minimum atomic E-state index is -5.04. The SMILES string of the molecule is CCc1cc(-c2cc(C(C)N(CC)C(=O)NC(CCC(F)(F)F)C(F)(F)F)ncc2OC)cc2ccnn12. The van der Waals surface area contributed by atoms with Gasteiger partial charge in [0.05, 0.1) is 30.6 Å². The Morgan fingerprint density at radius 1 is 1.16 bits per heavy atom. The Morgan fingerprint density at radius 2 is 1.87 bits per heavy atom. The Hall–Kier alpha value is -3.51. The van der Waals surface area contributed by atoms with Crippen LogP contribution in [0.3, 0.4) is 0 Å². The van der Waals surface area contributed by atoms with Crippen LogP contribution in [-0.4, -0.2) is 57.6 Å². The van der Waals surface area contributed by atoms with E-state index in [4.69, 9.17) is 4.74 Å². The van der Waals surface area contributed by atoms with Crippen molar-refractivity contribution in [2.75, 3.05) is 13.7 Å². The highest BCUT2D eigenvalue weighted by Gasteiger charge is 2.43. The first-order valence-corrected chi connectivity index (χ1v) is 12.0. The molecule has 7 nitrogen and oxygen atoms in total. The van der Waals surface area contributed by atoms with Crippen LogP contribution in [0, 0.1) is 0 Å². The molecule has 0 fully saturated rings. The minimum Gasteiger partial charge on any atom is -0.494 e. The number of carbonyl (C=O) groups excluding carboxylic acids is 1. The highest BCUT2D eigenvalue weighted by molar-refractivity contribution is 5.76. The number of rotatable bonds is 9. The van der Waals surface area contributed by atoms with Gasteiger partial charge in [-0.3, -0.25) is 4.98 Å². The van der Waals surface area contributed by atoms with Crippen LogP contribution in [0.15, 0.2) is 36.7 Å². The predicted octanol–water partition coefficient (Wildman–Crippen LogP) is 6.33. The van der Waals surface area contributed by atoms with E-state index in [0.29, 0.717) is 23.4 Å². The molecule has 2 atom stereocenters. The zero-order valence-electron chi connectivity index (χ0n) is 21.3. The van der Waals surface area contributed by atoms with Gasteiger partial charge in [0.1, 0.15) is 11.8 Å². The lowest BCUT2D eigenvalue weighted by molar-refractivity contribution is -0.171. The van der Waals surface area contributed by atoms with Gasteiger partial charge in [-0.25, -0.2) is 9.31 Å². The quantitative estimate of drug-likeness (QED) is 0.319. The third-order valence-electron chi connectivity index (χ3n) is 6.26. The monoisotopic (exact) mass is 545 g/mol. The fourth-order valence-corrected chi connectivity index (χ4v) is 4.20. The maximum absolute atomic E-state index is 13.4. The fourth-order valence-electron chi connectivity index (χ4n) is 4.20. The number of halogens is 6. The molecule has 2 amide bonds. The zero-order chi connectivity index (χ0) is 28.3. The highest BCUT2D eigenvalue weighted by Crippen LogP contribution is 2.34. The van der Waals surface area contributed by atoms with Crippen LogP contribution >= 0.6 is 0 Å². The molecule has 3 aromatic rings. The first kappa shape index (κ1) is 29.1. The molecule has 0 aliphatic heterocycles. The number of carbonyl (C=O) groups is 1. The minimum absolute atomic E-state index is 0.0122. The molecule has 13 heteroatoms. The van der Waals surface area contributed by atoms with Crippen molar-refractivity contribution in [1.29, 1.82) is 0 Å². The van der Waals surface area contributed by atoms with Crippen LogP contribution in [-0.2, 0) is 6.42 Å². The number of aromatic nitrogens is 3. The molecule has 38 heavy (non-hydrogen) atoms. The normalized spacial score (nSPS) is 13.8. The van der Waals surface area contributed by atoms with Gasteiger partial charge in [-0.1, -0.05) is 6.92 Å². The summed E-state index contributed by atoms with van der Waals surface area (Å²) in [6.07, 6.45) is -8.99. The van der Waals surface area contributed by atoms with Crippen LogP contribution in [0.2, 0.25) is 0 Å². The highest BCUT2D eigenvalue weighted by atomic mass is 19.4. The molecule has 0 radical (unpaired) electrons. The number of aryl methyl sites for hydroxylation is 1. The second kappa shape index (κ2) is 11.5. The maximum atomic E-state index is 13.4. The van der Waals surface area contributed by atoms with Gasteiger partial charge < -0.3 is 15.0 Å². The third-order valence-corrected chi connectivity index (χ3v) is 6.26. The van der Waals surface area contributed by atoms with Crippen LogP contribution in [0.25, 0.3) is 16.6 Å². The van der Waals surface area contributed by atoms with Gasteiger partial charge >= 0.3 is 18.4 Å². The number of ether oxygens (including phenoxy) is 1. The van der Waals surface area contributed by atoms with Crippen molar-refractivity contribution in [3.8, 4) is 16.9 Å². The van der Waals surface area contributed by atoms with Crippen molar-refractivity contribution in [1.82, 2.24) is 24.8 Å². The average Bonchev–Trinajstić information content (AvgIpc) is 3.33. The summed E-state index contributed by atoms with van der Waals surface area (Å²) in [6, 6.07) is 2.78. The second-order valence-electron chi connectivity index (χ2n) is 8.73. The summed E-state index contributed by atoms with van der Waals surface area (Å²) in [7, 11) is 1.48. The number of methoxy groups -OCH3 is 1. The Kier molecular flexibility index (Phi) is 8.78. The Labute approximate surface area is 215 Å². The molecule has 3 aromatic heterocycles. The van der Waals surface area contributed by atoms with E-state index in [-0.39, 0.29) is 6.54 Å². The molecule has 0 saturated carbocycles. The number of hydrogen-bond donors (Lipinski definition) is 1. The lowest BCUT2D eigenvalue weighted by Crippen LogP contribution is -2.51. The molecule has 0 bridgehead atoms. The Balaban J connectivity index is 1.92. The number of hydrogen-bond acceptors (Lipinski definition) is 4. The van der Waals surface area contributed by atoms with E-state index < -0.39 is 43.3 Å². The fraction of sp³-hybridized carbons (Fsp3) is 0.480. The van der Waals surface area contributed by atoms with Crippen LogP contribution < -0.4 is 10.1 Å². The number of urea groups is 1. The van der Waals surface area contributed by atoms with Crippen molar-refractivity contribution in [2.45, 2.75) is 64.5 Å². The standard InChI is InChI=1S/C25H29F6N5O2/c1-5-17-11-16(12-18-8-10-33-36(17)18)19-13-20(32-14-21(19)38-4)15(3)35(6-2)23(37)34-22(25(29,30)31)7-9-24(26,27)28/h8,10-15,22H,5-7,9H2,1-4H3,(H,34,37). The number of alkyl halides is 6. The second-order valence-corrected chi connectivity index (χ2v) is 8.73. The molecule has 1 N–H and O–H groups in total.